The van der Waals surface area contributed by atoms with Crippen LogP contribution in [0, 0.1) is 12.3 Å². The van der Waals surface area contributed by atoms with Crippen LogP contribution in [0.15, 0.2) is 64.1 Å². The Labute approximate surface area is 134 Å². The summed E-state index contributed by atoms with van der Waals surface area (Å²) in [6, 6.07) is 18.8. The van der Waals surface area contributed by atoms with Crippen LogP contribution < -0.4 is 4.46 Å². The minimum absolute atomic E-state index is 0.0873. The van der Waals surface area contributed by atoms with Crippen molar-refractivity contribution in [3.63, 3.8) is 0 Å². The first-order chi connectivity index (χ1) is 9.95. The van der Waals surface area contributed by atoms with Gasteiger partial charge < -0.3 is 0 Å². The first-order valence-corrected chi connectivity index (χ1v) is 8.80. The van der Waals surface area contributed by atoms with Crippen LogP contribution in [-0.4, -0.2) is 20.8 Å². The van der Waals surface area contributed by atoms with Crippen molar-refractivity contribution in [3.05, 3.63) is 64.6 Å². The molecule has 108 valence electrons. The van der Waals surface area contributed by atoms with Gasteiger partial charge in [-0.05, 0) is 0 Å². The molecule has 2 aromatic rings. The van der Waals surface area contributed by atoms with Crippen molar-refractivity contribution in [2.24, 2.45) is 10.4 Å². The van der Waals surface area contributed by atoms with E-state index in [1.165, 1.54) is 14.5 Å². The van der Waals surface area contributed by atoms with E-state index in [2.05, 4.69) is 81.0 Å². The summed E-state index contributed by atoms with van der Waals surface area (Å²) in [4.78, 5) is 4.54. The van der Waals surface area contributed by atoms with Crippen LogP contribution in [0.4, 0.5) is 5.69 Å². The summed E-state index contributed by atoms with van der Waals surface area (Å²) in [7, 11) is 0. The molecule has 0 aliphatic heterocycles. The van der Waals surface area contributed by atoms with E-state index in [1.807, 2.05) is 12.1 Å². The van der Waals surface area contributed by atoms with E-state index in [0.717, 1.165) is 5.69 Å². The Morgan fingerprint density at radius 3 is 2.14 bits per heavy atom. The van der Waals surface area contributed by atoms with Crippen molar-refractivity contribution in [2.45, 2.75) is 27.7 Å². The standard InChI is InChI=1S/C19H21NSe/c1-15-10-12-16(13-11-15)20-14-18(19(2,3)4)21-17-8-6-5-7-9-17/h5-13H,1-4H3. The molecule has 0 aliphatic rings. The number of nitrogens with zero attached hydrogens (tertiary/aromatic N) is 1. The number of allylic oxidation sites excluding steroid dienone is 1. The van der Waals surface area contributed by atoms with Crippen molar-refractivity contribution >= 4 is 31.0 Å². The van der Waals surface area contributed by atoms with E-state index < -0.39 is 0 Å². The molecule has 0 N–H and O–H groups in total. The summed E-state index contributed by atoms with van der Waals surface area (Å²) in [5.74, 6) is 3.31. The van der Waals surface area contributed by atoms with Gasteiger partial charge in [-0.2, -0.15) is 0 Å². The zero-order valence-electron chi connectivity index (χ0n) is 13.1. The van der Waals surface area contributed by atoms with Crippen LogP contribution in [0.3, 0.4) is 0 Å². The van der Waals surface area contributed by atoms with Crippen molar-refractivity contribution < 1.29 is 0 Å². The average molecular weight is 342 g/mol. The maximum atomic E-state index is 4.54. The molecule has 0 atom stereocenters. The molecule has 2 heteroatoms. The molecule has 0 spiro atoms. The molecular weight excluding hydrogens is 321 g/mol. The summed E-state index contributed by atoms with van der Waals surface area (Å²) >= 11 is 0.258. The molecule has 0 aliphatic carbocycles. The Bertz CT molecular complexity index is 642. The first kappa shape index (κ1) is 15.8. The van der Waals surface area contributed by atoms with Crippen LogP contribution in [0.2, 0.25) is 0 Å². The fraction of sp³-hybridized carbons (Fsp3) is 0.263. The molecule has 0 amide bonds. The van der Waals surface area contributed by atoms with Gasteiger partial charge in [-0.15, -0.1) is 0 Å². The van der Waals surface area contributed by atoms with Gasteiger partial charge in [0.05, 0.1) is 0 Å². The van der Waals surface area contributed by atoms with Crippen molar-refractivity contribution in [1.29, 1.82) is 0 Å². The van der Waals surface area contributed by atoms with E-state index in [1.54, 1.807) is 0 Å². The number of hydrogen-bond acceptors (Lipinski definition) is 1. The van der Waals surface area contributed by atoms with E-state index >= 15 is 0 Å². The molecule has 0 unspecified atom stereocenters. The van der Waals surface area contributed by atoms with E-state index in [4.69, 9.17) is 0 Å². The average Bonchev–Trinajstić information content (AvgIpc) is 2.45. The van der Waals surface area contributed by atoms with Crippen LogP contribution in [-0.2, 0) is 0 Å². The number of aliphatic imine (C=N–C) groups is 1. The summed E-state index contributed by atoms with van der Waals surface area (Å²) < 4.78 is 2.64. The molecule has 2 aromatic carbocycles. The zero-order chi connectivity index (χ0) is 15.3. The Kier molecular flexibility index (Phi) is 5.20. The van der Waals surface area contributed by atoms with Crippen molar-refractivity contribution in [3.8, 4) is 0 Å². The second-order valence-corrected chi connectivity index (χ2v) is 8.33. The van der Waals surface area contributed by atoms with Gasteiger partial charge in [0.1, 0.15) is 0 Å². The number of hydrogen-bond donors (Lipinski definition) is 0. The molecule has 0 aromatic heterocycles. The topological polar surface area (TPSA) is 12.4 Å². The Morgan fingerprint density at radius 2 is 1.57 bits per heavy atom. The molecule has 0 saturated carbocycles. The van der Waals surface area contributed by atoms with Gasteiger partial charge in [0, 0.05) is 0 Å². The molecule has 21 heavy (non-hydrogen) atoms. The second-order valence-electron chi connectivity index (χ2n) is 6.05. The molecular formula is C19H21NSe. The van der Waals surface area contributed by atoms with Gasteiger partial charge in [-0.3, -0.25) is 0 Å². The Balaban J connectivity index is 2.32. The Morgan fingerprint density at radius 1 is 0.952 bits per heavy atom. The molecule has 0 heterocycles. The van der Waals surface area contributed by atoms with Gasteiger partial charge in [-0.25, -0.2) is 0 Å². The van der Waals surface area contributed by atoms with Crippen LogP contribution in [0.5, 0.6) is 0 Å². The molecule has 1 nitrogen and oxygen atoms in total. The monoisotopic (exact) mass is 343 g/mol. The summed E-state index contributed by atoms with van der Waals surface area (Å²) in [5.41, 5.74) is 2.30. The van der Waals surface area contributed by atoms with Gasteiger partial charge in [-0.1, -0.05) is 0 Å². The normalized spacial score (nSPS) is 10.9. The van der Waals surface area contributed by atoms with Gasteiger partial charge >= 0.3 is 134 Å². The van der Waals surface area contributed by atoms with E-state index in [9.17, 15) is 0 Å². The SMILES string of the molecule is Cc1ccc(N=C=C([Se]c2ccccc2)C(C)(C)C)cc1. The van der Waals surface area contributed by atoms with Crippen molar-refractivity contribution in [1.82, 2.24) is 0 Å². The molecule has 0 radical (unpaired) electrons. The van der Waals surface area contributed by atoms with Gasteiger partial charge in [0.2, 0.25) is 0 Å². The summed E-state index contributed by atoms with van der Waals surface area (Å²) in [6.45, 7) is 8.77. The number of aryl methyl sites for hydroxylation is 1. The number of rotatable bonds is 3. The number of benzene rings is 2. The third-order valence-corrected chi connectivity index (χ3v) is 5.93. The quantitative estimate of drug-likeness (QED) is 0.584. The Hall–Kier alpha value is -1.59. The predicted octanol–water partition coefficient (Wildman–Crippen LogP) is 4.26. The van der Waals surface area contributed by atoms with Gasteiger partial charge in [0.15, 0.2) is 0 Å². The third kappa shape index (κ3) is 5.02. The van der Waals surface area contributed by atoms with Crippen LogP contribution >= 0.6 is 0 Å². The molecule has 2 rings (SSSR count). The fourth-order valence-electron chi connectivity index (χ4n) is 1.68. The zero-order valence-corrected chi connectivity index (χ0v) is 14.8. The first-order valence-electron chi connectivity index (χ1n) is 7.09. The molecule has 0 saturated heterocycles. The molecule has 0 bridgehead atoms. The minimum atomic E-state index is 0.0873. The predicted molar refractivity (Wildman–Crippen MR) is 93.1 cm³/mol. The van der Waals surface area contributed by atoms with Crippen LogP contribution in [0.1, 0.15) is 26.3 Å². The van der Waals surface area contributed by atoms with E-state index in [0.29, 0.717) is 0 Å². The van der Waals surface area contributed by atoms with Gasteiger partial charge in [0.25, 0.3) is 0 Å². The second kappa shape index (κ2) is 6.91. The van der Waals surface area contributed by atoms with Crippen LogP contribution in [0.25, 0.3) is 0 Å². The third-order valence-electron chi connectivity index (χ3n) is 2.96. The van der Waals surface area contributed by atoms with E-state index in [-0.39, 0.29) is 20.4 Å². The fourth-order valence-corrected chi connectivity index (χ4v) is 3.63. The summed E-state index contributed by atoms with van der Waals surface area (Å²) in [5, 5.41) is 0. The summed E-state index contributed by atoms with van der Waals surface area (Å²) in [6.07, 6.45) is 0. The van der Waals surface area contributed by atoms with Crippen molar-refractivity contribution in [2.75, 3.05) is 0 Å². The molecule has 0 fully saturated rings. The maximum absolute atomic E-state index is 4.54.